The number of aliphatic hydroxyl groups excluding tert-OH is 2. The summed E-state index contributed by atoms with van der Waals surface area (Å²) in [6, 6.07) is 0. The zero-order valence-electron chi connectivity index (χ0n) is 6.00. The summed E-state index contributed by atoms with van der Waals surface area (Å²) in [6.07, 6.45) is -4.38. The second-order valence-electron chi connectivity index (χ2n) is 3.18. The maximum Gasteiger partial charge on any atom is 0.207 e. The van der Waals surface area contributed by atoms with Crippen LogP contribution in [0.3, 0.4) is 0 Å². The van der Waals surface area contributed by atoms with Crippen molar-refractivity contribution < 1.29 is 19.0 Å². The van der Waals surface area contributed by atoms with Gasteiger partial charge in [0.25, 0.3) is 0 Å². The first-order valence-corrected chi connectivity index (χ1v) is 3.46. The Labute approximate surface area is 63.8 Å². The summed E-state index contributed by atoms with van der Waals surface area (Å²) in [5, 5.41) is 17.0. The third kappa shape index (κ3) is 1.25. The molecule has 0 saturated heterocycles. The Morgan fingerprint density at radius 2 is 1.64 bits per heavy atom. The van der Waals surface area contributed by atoms with Gasteiger partial charge in [-0.25, -0.2) is 8.78 Å². The van der Waals surface area contributed by atoms with Gasteiger partial charge < -0.3 is 10.2 Å². The average molecular weight is 165 g/mol. The highest BCUT2D eigenvalue weighted by atomic mass is 19.2. The molecule has 1 saturated carbocycles. The van der Waals surface area contributed by atoms with Crippen molar-refractivity contribution in [3.63, 3.8) is 0 Å². The Hall–Kier alpha value is -0.220. The lowest BCUT2D eigenvalue weighted by atomic mass is 9.62. The molecule has 1 aliphatic carbocycles. The molecule has 0 heterocycles. The Kier molecular flexibility index (Phi) is 2.16. The zero-order valence-corrected chi connectivity index (χ0v) is 6.00. The number of rotatable bonds is 2. The summed E-state index contributed by atoms with van der Waals surface area (Å²) in [7, 11) is 0. The van der Waals surface area contributed by atoms with E-state index in [0.29, 0.717) is 0 Å². The van der Waals surface area contributed by atoms with Crippen LogP contribution in [0, 0.1) is 18.3 Å². The van der Waals surface area contributed by atoms with Crippen molar-refractivity contribution in [3.05, 3.63) is 6.92 Å². The molecule has 2 atom stereocenters. The molecule has 2 unspecified atom stereocenters. The molecule has 65 valence electrons. The molecule has 0 amide bonds. The molecule has 11 heavy (non-hydrogen) atoms. The SMILES string of the molecule is [CH2]C1CC(C(O)F)(C(O)F)C1. The second-order valence-corrected chi connectivity index (χ2v) is 3.18. The maximum absolute atomic E-state index is 12.4. The van der Waals surface area contributed by atoms with E-state index in [0.717, 1.165) is 0 Å². The van der Waals surface area contributed by atoms with Gasteiger partial charge in [-0.2, -0.15) is 0 Å². The van der Waals surface area contributed by atoms with Gasteiger partial charge in [0.05, 0.1) is 5.41 Å². The molecule has 0 aliphatic heterocycles. The molecular formula is C7H11F2O2. The van der Waals surface area contributed by atoms with Crippen LogP contribution in [0.4, 0.5) is 8.78 Å². The van der Waals surface area contributed by atoms with Crippen molar-refractivity contribution in [2.24, 2.45) is 11.3 Å². The minimum absolute atomic E-state index is 0.0641. The first-order valence-electron chi connectivity index (χ1n) is 3.46. The van der Waals surface area contributed by atoms with Gasteiger partial charge in [-0.1, -0.05) is 6.92 Å². The number of alkyl halides is 2. The van der Waals surface area contributed by atoms with E-state index in [-0.39, 0.29) is 18.8 Å². The van der Waals surface area contributed by atoms with E-state index in [2.05, 4.69) is 6.92 Å². The highest BCUT2D eigenvalue weighted by molar-refractivity contribution is 4.97. The fourth-order valence-electron chi connectivity index (χ4n) is 1.52. The molecule has 0 bridgehead atoms. The van der Waals surface area contributed by atoms with E-state index < -0.39 is 18.1 Å². The molecule has 2 nitrogen and oxygen atoms in total. The lowest BCUT2D eigenvalue weighted by molar-refractivity contribution is -0.224. The van der Waals surface area contributed by atoms with Crippen molar-refractivity contribution in [1.82, 2.24) is 0 Å². The maximum atomic E-state index is 12.4. The van der Waals surface area contributed by atoms with Gasteiger partial charge in [0, 0.05) is 0 Å². The lowest BCUT2D eigenvalue weighted by Gasteiger charge is -2.46. The number of hydrogen-bond acceptors (Lipinski definition) is 2. The minimum atomic E-state index is -2.29. The standard InChI is InChI=1S/C7H11F2O2/c1-4-2-7(3-4,5(8)10)6(9)11/h4-6,10-11H,1-3H2. The van der Waals surface area contributed by atoms with Crippen molar-refractivity contribution in [2.45, 2.75) is 25.6 Å². The van der Waals surface area contributed by atoms with Crippen molar-refractivity contribution in [3.8, 4) is 0 Å². The van der Waals surface area contributed by atoms with Crippen molar-refractivity contribution >= 4 is 0 Å². The van der Waals surface area contributed by atoms with E-state index >= 15 is 0 Å². The Morgan fingerprint density at radius 3 is 1.73 bits per heavy atom. The average Bonchev–Trinajstić information content (AvgIpc) is 1.78. The molecule has 0 aromatic heterocycles. The summed E-state index contributed by atoms with van der Waals surface area (Å²) in [5.74, 6) is -0.0641. The van der Waals surface area contributed by atoms with Gasteiger partial charge in [0.1, 0.15) is 0 Å². The molecule has 1 rings (SSSR count). The Morgan fingerprint density at radius 1 is 1.27 bits per heavy atom. The van der Waals surface area contributed by atoms with Gasteiger partial charge >= 0.3 is 0 Å². The summed E-state index contributed by atoms with van der Waals surface area (Å²) in [6.45, 7) is 3.55. The highest BCUT2D eigenvalue weighted by Gasteiger charge is 2.54. The number of halogens is 2. The minimum Gasteiger partial charge on any atom is -0.363 e. The molecule has 0 aromatic carbocycles. The first-order chi connectivity index (χ1) is 4.99. The Bertz CT molecular complexity index is 131. The van der Waals surface area contributed by atoms with Crippen LogP contribution in [0.1, 0.15) is 12.8 Å². The third-order valence-electron chi connectivity index (χ3n) is 2.29. The fraction of sp³-hybridized carbons (Fsp3) is 0.857. The first kappa shape index (κ1) is 8.87. The third-order valence-corrected chi connectivity index (χ3v) is 2.29. The zero-order chi connectivity index (χ0) is 8.65. The van der Waals surface area contributed by atoms with Crippen molar-refractivity contribution in [1.29, 1.82) is 0 Å². The van der Waals surface area contributed by atoms with Gasteiger partial charge in [-0.15, -0.1) is 0 Å². The quantitative estimate of drug-likeness (QED) is 0.635. The molecule has 0 aromatic rings. The van der Waals surface area contributed by atoms with Crippen LogP contribution in [-0.2, 0) is 0 Å². The molecular weight excluding hydrogens is 154 g/mol. The number of aliphatic hydroxyl groups is 2. The molecule has 1 radical (unpaired) electrons. The second kappa shape index (κ2) is 2.68. The van der Waals surface area contributed by atoms with Crippen molar-refractivity contribution in [2.75, 3.05) is 0 Å². The highest BCUT2D eigenvalue weighted by Crippen LogP contribution is 2.51. The number of hydrogen-bond donors (Lipinski definition) is 2. The smallest absolute Gasteiger partial charge is 0.207 e. The van der Waals surface area contributed by atoms with Crippen LogP contribution >= 0.6 is 0 Å². The molecule has 1 aliphatic rings. The van der Waals surface area contributed by atoms with Gasteiger partial charge in [-0.05, 0) is 18.8 Å². The lowest BCUT2D eigenvalue weighted by Crippen LogP contribution is -2.50. The predicted molar refractivity (Wildman–Crippen MR) is 34.7 cm³/mol. The van der Waals surface area contributed by atoms with E-state index in [9.17, 15) is 8.78 Å². The monoisotopic (exact) mass is 165 g/mol. The van der Waals surface area contributed by atoms with Crippen LogP contribution in [0.2, 0.25) is 0 Å². The van der Waals surface area contributed by atoms with Crippen LogP contribution in [0.25, 0.3) is 0 Å². The summed E-state index contributed by atoms with van der Waals surface area (Å²) in [5.41, 5.74) is -1.59. The normalized spacial score (nSPS) is 42.8. The molecule has 4 heteroatoms. The summed E-state index contributed by atoms with van der Waals surface area (Å²) < 4.78 is 24.7. The van der Waals surface area contributed by atoms with Crippen LogP contribution in [-0.4, -0.2) is 22.9 Å². The molecule has 2 N–H and O–H groups in total. The molecule has 1 fully saturated rings. The molecule has 0 spiro atoms. The van der Waals surface area contributed by atoms with E-state index in [1.807, 2.05) is 0 Å². The van der Waals surface area contributed by atoms with Crippen LogP contribution in [0.5, 0.6) is 0 Å². The van der Waals surface area contributed by atoms with Crippen LogP contribution < -0.4 is 0 Å². The Balaban J connectivity index is 2.61. The van der Waals surface area contributed by atoms with E-state index in [1.165, 1.54) is 0 Å². The fourth-order valence-corrected chi connectivity index (χ4v) is 1.52. The predicted octanol–water partition coefficient (Wildman–Crippen LogP) is 0.793. The van der Waals surface area contributed by atoms with E-state index in [1.54, 1.807) is 0 Å². The summed E-state index contributed by atoms with van der Waals surface area (Å²) in [4.78, 5) is 0. The van der Waals surface area contributed by atoms with E-state index in [4.69, 9.17) is 10.2 Å². The van der Waals surface area contributed by atoms with Crippen LogP contribution in [0.15, 0.2) is 0 Å². The topological polar surface area (TPSA) is 40.5 Å². The summed E-state index contributed by atoms with van der Waals surface area (Å²) >= 11 is 0. The van der Waals surface area contributed by atoms with Gasteiger partial charge in [0.15, 0.2) is 0 Å². The van der Waals surface area contributed by atoms with Gasteiger partial charge in [0.2, 0.25) is 12.7 Å². The van der Waals surface area contributed by atoms with Gasteiger partial charge in [-0.3, -0.25) is 0 Å². The largest absolute Gasteiger partial charge is 0.363 e.